The van der Waals surface area contributed by atoms with Crippen molar-refractivity contribution >= 4 is 29.3 Å². The van der Waals surface area contributed by atoms with Crippen LogP contribution in [0, 0.1) is 0 Å². The van der Waals surface area contributed by atoms with Gasteiger partial charge in [-0.2, -0.15) is 23.4 Å². The maximum Gasteiger partial charge on any atom is 0.436 e. The van der Waals surface area contributed by atoms with Crippen molar-refractivity contribution in [1.29, 1.82) is 0 Å². The van der Waals surface area contributed by atoms with Crippen molar-refractivity contribution in [1.82, 2.24) is 19.6 Å². The Morgan fingerprint density at radius 3 is 2.53 bits per heavy atom. The van der Waals surface area contributed by atoms with Gasteiger partial charge in [-0.05, 0) is 38.8 Å². The number of nitrogens with one attached hydrogen (secondary N) is 1. The summed E-state index contributed by atoms with van der Waals surface area (Å²) in [6.07, 6.45) is -2.19. The molecule has 1 aliphatic rings. The minimum Gasteiger partial charge on any atom is -0.462 e. The number of hydrogen-bond donors (Lipinski definition) is 1. The van der Waals surface area contributed by atoms with Crippen molar-refractivity contribution in [2.75, 3.05) is 11.9 Å². The zero-order valence-corrected chi connectivity index (χ0v) is 19.0. The van der Waals surface area contributed by atoms with Gasteiger partial charge in [0.1, 0.15) is 11.6 Å². The summed E-state index contributed by atoms with van der Waals surface area (Å²) in [5, 5.41) is 9.97. The third-order valence-corrected chi connectivity index (χ3v) is 5.75. The average Bonchev–Trinajstić information content (AvgIpc) is 3.44. The fourth-order valence-corrected chi connectivity index (χ4v) is 3.94. The number of ether oxygens (including phenoxy) is 1. The standard InChI is InChI=1S/C22H21ClF3N5O3/c1-3-34-21(33)15-11-27-31(14-7-5-4-6-8-14)19(15)28-20(32)12(2)30-17(13-9-10-13)16(23)18(29-30)22(24,25)26/h4-8,11-13H,3,9-10H2,1-2H3,(H,28,32). The molecule has 2 aromatic heterocycles. The second kappa shape index (κ2) is 9.13. The van der Waals surface area contributed by atoms with Gasteiger partial charge in [0.25, 0.3) is 0 Å². The molecule has 180 valence electrons. The van der Waals surface area contributed by atoms with Crippen LogP contribution in [0.25, 0.3) is 5.69 Å². The molecular weight excluding hydrogens is 475 g/mol. The first-order valence-corrected chi connectivity index (χ1v) is 11.0. The first-order chi connectivity index (χ1) is 16.1. The van der Waals surface area contributed by atoms with Crippen LogP contribution in [0.4, 0.5) is 19.0 Å². The zero-order valence-electron chi connectivity index (χ0n) is 18.3. The minimum atomic E-state index is -4.76. The van der Waals surface area contributed by atoms with E-state index in [2.05, 4.69) is 15.5 Å². The predicted molar refractivity (Wildman–Crippen MR) is 117 cm³/mol. The molecule has 12 heteroatoms. The molecule has 1 aliphatic carbocycles. The monoisotopic (exact) mass is 495 g/mol. The lowest BCUT2D eigenvalue weighted by Crippen LogP contribution is -2.28. The number of carbonyl (C=O) groups is 2. The molecule has 0 radical (unpaired) electrons. The van der Waals surface area contributed by atoms with E-state index in [-0.39, 0.29) is 29.6 Å². The van der Waals surface area contributed by atoms with E-state index in [4.69, 9.17) is 16.3 Å². The molecule has 1 aromatic carbocycles. The van der Waals surface area contributed by atoms with E-state index in [0.717, 1.165) is 4.68 Å². The predicted octanol–water partition coefficient (Wildman–Crippen LogP) is 4.99. The molecule has 1 fully saturated rings. The number of benzene rings is 1. The number of rotatable bonds is 7. The van der Waals surface area contributed by atoms with E-state index in [1.807, 2.05) is 0 Å². The Labute approximate surface area is 197 Å². The lowest BCUT2D eigenvalue weighted by molar-refractivity contribution is -0.141. The van der Waals surface area contributed by atoms with Gasteiger partial charge < -0.3 is 10.1 Å². The molecule has 1 N–H and O–H groups in total. The van der Waals surface area contributed by atoms with E-state index >= 15 is 0 Å². The molecule has 1 saturated carbocycles. The van der Waals surface area contributed by atoms with Crippen molar-refractivity contribution in [2.24, 2.45) is 0 Å². The van der Waals surface area contributed by atoms with Crippen LogP contribution >= 0.6 is 11.6 Å². The van der Waals surface area contributed by atoms with Crippen LogP contribution in [0.15, 0.2) is 36.5 Å². The van der Waals surface area contributed by atoms with Crippen LogP contribution in [0.5, 0.6) is 0 Å². The number of amides is 1. The largest absolute Gasteiger partial charge is 0.462 e. The highest BCUT2D eigenvalue weighted by Gasteiger charge is 2.43. The molecule has 0 aliphatic heterocycles. The number of anilines is 1. The van der Waals surface area contributed by atoms with Crippen molar-refractivity contribution in [3.8, 4) is 5.69 Å². The van der Waals surface area contributed by atoms with Gasteiger partial charge in [0.2, 0.25) is 5.91 Å². The molecule has 3 aromatic rings. The SMILES string of the molecule is CCOC(=O)c1cnn(-c2ccccc2)c1NC(=O)C(C)n1nc(C(F)(F)F)c(Cl)c1C1CC1. The molecular formula is C22H21ClF3N5O3. The van der Waals surface area contributed by atoms with Crippen molar-refractivity contribution < 1.29 is 27.5 Å². The highest BCUT2D eigenvalue weighted by atomic mass is 35.5. The average molecular weight is 496 g/mol. The lowest BCUT2D eigenvalue weighted by atomic mass is 10.2. The van der Waals surface area contributed by atoms with E-state index in [0.29, 0.717) is 18.5 Å². The van der Waals surface area contributed by atoms with Gasteiger partial charge in [-0.1, -0.05) is 29.8 Å². The number of para-hydroxylation sites is 1. The van der Waals surface area contributed by atoms with Gasteiger partial charge >= 0.3 is 12.1 Å². The highest BCUT2D eigenvalue weighted by Crippen LogP contribution is 2.47. The molecule has 2 heterocycles. The Bertz CT molecular complexity index is 1220. The molecule has 4 rings (SSSR count). The van der Waals surface area contributed by atoms with Crippen LogP contribution in [-0.2, 0) is 15.7 Å². The van der Waals surface area contributed by atoms with Crippen molar-refractivity contribution in [3.63, 3.8) is 0 Å². The molecule has 0 spiro atoms. The third kappa shape index (κ3) is 4.52. The molecule has 0 bridgehead atoms. The van der Waals surface area contributed by atoms with Gasteiger partial charge in [-0.25, -0.2) is 9.48 Å². The van der Waals surface area contributed by atoms with Gasteiger partial charge in [-0.3, -0.25) is 9.48 Å². The lowest BCUT2D eigenvalue weighted by Gasteiger charge is -2.17. The molecule has 1 atom stereocenters. The Kier molecular flexibility index (Phi) is 6.39. The Morgan fingerprint density at radius 2 is 1.94 bits per heavy atom. The first kappa shape index (κ1) is 23.8. The van der Waals surface area contributed by atoms with Crippen molar-refractivity contribution in [3.05, 3.63) is 58.5 Å². The van der Waals surface area contributed by atoms with E-state index in [1.165, 1.54) is 17.8 Å². The Hall–Kier alpha value is -3.34. The van der Waals surface area contributed by atoms with Crippen LogP contribution in [0.1, 0.15) is 60.4 Å². The van der Waals surface area contributed by atoms with Gasteiger partial charge in [0.15, 0.2) is 11.5 Å². The summed E-state index contributed by atoms with van der Waals surface area (Å²) in [6, 6.07) is 7.57. The highest BCUT2D eigenvalue weighted by molar-refractivity contribution is 6.32. The van der Waals surface area contributed by atoms with Crippen LogP contribution < -0.4 is 5.32 Å². The summed E-state index contributed by atoms with van der Waals surface area (Å²) >= 11 is 6.04. The smallest absolute Gasteiger partial charge is 0.436 e. The maximum absolute atomic E-state index is 13.4. The summed E-state index contributed by atoms with van der Waals surface area (Å²) in [6.45, 7) is 3.16. The number of carbonyl (C=O) groups excluding carboxylic acids is 2. The second-order valence-electron chi connectivity index (χ2n) is 7.80. The summed E-state index contributed by atoms with van der Waals surface area (Å²) in [4.78, 5) is 25.7. The normalized spacial score (nSPS) is 14.6. The number of hydrogen-bond acceptors (Lipinski definition) is 5. The van der Waals surface area contributed by atoms with Gasteiger partial charge in [0, 0.05) is 5.92 Å². The fourth-order valence-electron chi connectivity index (χ4n) is 3.55. The number of alkyl halides is 3. The maximum atomic E-state index is 13.4. The van der Waals surface area contributed by atoms with Gasteiger partial charge in [-0.15, -0.1) is 0 Å². The third-order valence-electron chi connectivity index (χ3n) is 5.37. The minimum absolute atomic E-state index is 0.00291. The number of esters is 1. The van der Waals surface area contributed by atoms with Crippen LogP contribution in [0.2, 0.25) is 5.02 Å². The molecule has 0 saturated heterocycles. The van der Waals surface area contributed by atoms with E-state index < -0.39 is 34.8 Å². The topological polar surface area (TPSA) is 91.0 Å². The summed E-state index contributed by atoms with van der Waals surface area (Å²) in [7, 11) is 0. The second-order valence-corrected chi connectivity index (χ2v) is 8.18. The summed E-state index contributed by atoms with van der Waals surface area (Å²) in [5.41, 5.74) is -0.486. The van der Waals surface area contributed by atoms with Crippen molar-refractivity contribution in [2.45, 2.75) is 44.8 Å². The number of aromatic nitrogens is 4. The summed E-state index contributed by atoms with van der Waals surface area (Å²) in [5.74, 6) is -1.56. The number of halogens is 4. The number of nitrogens with zero attached hydrogens (tertiary/aromatic N) is 4. The molecule has 34 heavy (non-hydrogen) atoms. The first-order valence-electron chi connectivity index (χ1n) is 10.6. The van der Waals surface area contributed by atoms with Crippen LogP contribution in [0.3, 0.4) is 0 Å². The fraction of sp³-hybridized carbons (Fsp3) is 0.364. The Balaban J connectivity index is 1.71. The summed E-state index contributed by atoms with van der Waals surface area (Å²) < 4.78 is 47.7. The van der Waals surface area contributed by atoms with E-state index in [1.54, 1.807) is 37.3 Å². The van der Waals surface area contributed by atoms with E-state index in [9.17, 15) is 22.8 Å². The quantitative estimate of drug-likeness (QED) is 0.466. The van der Waals surface area contributed by atoms with Gasteiger partial charge in [0.05, 0.1) is 29.2 Å². The molecule has 1 amide bonds. The molecule has 1 unspecified atom stereocenters. The van der Waals surface area contributed by atoms with Crippen LogP contribution in [-0.4, -0.2) is 38.0 Å². The Morgan fingerprint density at radius 1 is 1.26 bits per heavy atom. The molecule has 8 nitrogen and oxygen atoms in total. The zero-order chi connectivity index (χ0) is 24.6.